The first kappa shape index (κ1) is 20.9. The van der Waals surface area contributed by atoms with E-state index in [9.17, 15) is 9.18 Å². The number of nitrogens with one attached hydrogen (secondary N) is 1. The molecule has 1 atom stereocenters. The van der Waals surface area contributed by atoms with Crippen LogP contribution in [0.2, 0.25) is 0 Å². The summed E-state index contributed by atoms with van der Waals surface area (Å²) >= 11 is 0. The van der Waals surface area contributed by atoms with E-state index < -0.39 is 0 Å². The van der Waals surface area contributed by atoms with Gasteiger partial charge in [0.05, 0.1) is 26.0 Å². The average Bonchev–Trinajstić information content (AvgIpc) is 3.33. The fourth-order valence-electron chi connectivity index (χ4n) is 4.00. The van der Waals surface area contributed by atoms with Gasteiger partial charge in [-0.1, -0.05) is 12.1 Å². The molecule has 0 fully saturated rings. The van der Waals surface area contributed by atoms with E-state index in [0.29, 0.717) is 42.5 Å². The van der Waals surface area contributed by atoms with Gasteiger partial charge in [0, 0.05) is 31.4 Å². The van der Waals surface area contributed by atoms with E-state index in [-0.39, 0.29) is 17.8 Å². The number of carbonyl (C=O) groups excluding carboxylic acids is 1. The Kier molecular flexibility index (Phi) is 5.90. The molecule has 0 saturated heterocycles. The molecule has 0 bridgehead atoms. The van der Waals surface area contributed by atoms with Gasteiger partial charge in [0.25, 0.3) is 5.91 Å². The molecule has 0 radical (unpaired) electrons. The van der Waals surface area contributed by atoms with Gasteiger partial charge >= 0.3 is 0 Å². The van der Waals surface area contributed by atoms with Gasteiger partial charge in [-0.2, -0.15) is 5.10 Å². The highest BCUT2D eigenvalue weighted by Crippen LogP contribution is 2.44. The van der Waals surface area contributed by atoms with Crippen LogP contribution in [-0.2, 0) is 4.74 Å². The Morgan fingerprint density at radius 3 is 2.48 bits per heavy atom. The number of benzene rings is 2. The van der Waals surface area contributed by atoms with Gasteiger partial charge in [0.15, 0.2) is 11.5 Å². The molecule has 3 aromatic rings. The second-order valence-electron chi connectivity index (χ2n) is 7.23. The zero-order chi connectivity index (χ0) is 22.0. The van der Waals surface area contributed by atoms with Crippen molar-refractivity contribution in [2.24, 2.45) is 0 Å². The topological polar surface area (TPSA) is 76.7 Å². The van der Waals surface area contributed by atoms with E-state index in [4.69, 9.17) is 14.2 Å². The van der Waals surface area contributed by atoms with E-state index in [1.807, 2.05) is 12.1 Å². The van der Waals surface area contributed by atoms with Gasteiger partial charge in [-0.15, -0.1) is 0 Å². The Labute approximate surface area is 179 Å². The van der Waals surface area contributed by atoms with Gasteiger partial charge in [-0.3, -0.25) is 9.89 Å². The van der Waals surface area contributed by atoms with Gasteiger partial charge in [-0.05, 0) is 42.3 Å². The Hall–Kier alpha value is -3.39. The van der Waals surface area contributed by atoms with Crippen molar-refractivity contribution in [3.05, 3.63) is 65.1 Å². The minimum absolute atomic E-state index is 0.139. The number of carbonyl (C=O) groups is 1. The fourth-order valence-corrected chi connectivity index (χ4v) is 4.00. The van der Waals surface area contributed by atoms with Crippen LogP contribution < -0.4 is 9.47 Å². The third-order valence-corrected chi connectivity index (χ3v) is 5.45. The number of aromatic amines is 1. The summed E-state index contributed by atoms with van der Waals surface area (Å²) in [4.78, 5) is 15.0. The zero-order valence-electron chi connectivity index (χ0n) is 17.6. The Morgan fingerprint density at radius 2 is 1.81 bits per heavy atom. The zero-order valence-corrected chi connectivity index (χ0v) is 17.6. The summed E-state index contributed by atoms with van der Waals surface area (Å²) in [5, 5.41) is 7.36. The number of amides is 1. The second-order valence-corrected chi connectivity index (χ2v) is 7.23. The van der Waals surface area contributed by atoms with Crippen molar-refractivity contribution in [3.8, 4) is 22.8 Å². The summed E-state index contributed by atoms with van der Waals surface area (Å²) in [6.45, 7) is 1.04. The van der Waals surface area contributed by atoms with Crippen LogP contribution in [-0.4, -0.2) is 55.5 Å². The monoisotopic (exact) mass is 425 g/mol. The quantitative estimate of drug-likeness (QED) is 0.556. The predicted molar refractivity (Wildman–Crippen MR) is 113 cm³/mol. The summed E-state index contributed by atoms with van der Waals surface area (Å²) < 4.78 is 29.5. The summed E-state index contributed by atoms with van der Waals surface area (Å²) in [5.41, 5.74) is 3.45. The minimum atomic E-state index is -0.387. The minimum Gasteiger partial charge on any atom is -0.493 e. The van der Waals surface area contributed by atoms with Gasteiger partial charge in [0.1, 0.15) is 11.5 Å². The van der Waals surface area contributed by atoms with Crippen molar-refractivity contribution < 1.29 is 23.4 Å². The van der Waals surface area contributed by atoms with E-state index >= 15 is 0 Å². The molecule has 0 spiro atoms. The normalized spacial score (nSPS) is 15.3. The first-order valence-electron chi connectivity index (χ1n) is 9.95. The molecule has 8 heteroatoms. The van der Waals surface area contributed by atoms with Crippen LogP contribution in [0.5, 0.6) is 11.5 Å². The van der Waals surface area contributed by atoms with Crippen LogP contribution >= 0.6 is 0 Å². The molecular weight excluding hydrogens is 401 g/mol. The number of halogens is 1. The van der Waals surface area contributed by atoms with Gasteiger partial charge < -0.3 is 19.1 Å². The number of methoxy groups -OCH3 is 3. The predicted octanol–water partition coefficient (Wildman–Crippen LogP) is 3.81. The third-order valence-electron chi connectivity index (χ3n) is 5.45. The van der Waals surface area contributed by atoms with Crippen LogP contribution in [0.15, 0.2) is 42.5 Å². The number of aromatic nitrogens is 2. The molecule has 31 heavy (non-hydrogen) atoms. The van der Waals surface area contributed by atoms with Crippen molar-refractivity contribution in [1.29, 1.82) is 0 Å². The molecule has 1 N–H and O–H groups in total. The molecule has 2 aromatic carbocycles. The van der Waals surface area contributed by atoms with Gasteiger partial charge in [-0.25, -0.2) is 4.39 Å². The van der Waals surface area contributed by atoms with Crippen LogP contribution in [0.3, 0.4) is 0 Å². The lowest BCUT2D eigenvalue weighted by atomic mass is 9.96. The molecule has 1 amide bonds. The lowest BCUT2D eigenvalue weighted by Gasteiger charge is -2.26. The molecular formula is C23H24FN3O4. The molecule has 0 saturated carbocycles. The number of hydrogen-bond donors (Lipinski definition) is 1. The number of ether oxygens (including phenoxy) is 3. The third kappa shape index (κ3) is 3.74. The highest BCUT2D eigenvalue weighted by atomic mass is 19.1. The first-order chi connectivity index (χ1) is 15.1. The second kappa shape index (κ2) is 8.77. The smallest absolute Gasteiger partial charge is 0.273 e. The highest BCUT2D eigenvalue weighted by molar-refractivity contribution is 6.00. The average molecular weight is 425 g/mol. The molecule has 1 aliphatic heterocycles. The maximum Gasteiger partial charge on any atom is 0.273 e. The summed E-state index contributed by atoms with van der Waals surface area (Å²) in [6, 6.07) is 11.3. The van der Waals surface area contributed by atoms with Crippen molar-refractivity contribution >= 4 is 5.91 Å². The van der Waals surface area contributed by atoms with E-state index in [1.165, 1.54) is 12.1 Å². The lowest BCUT2D eigenvalue weighted by Crippen LogP contribution is -2.31. The number of rotatable bonds is 8. The van der Waals surface area contributed by atoms with Crippen LogP contribution in [0.4, 0.5) is 4.39 Å². The summed E-state index contributed by atoms with van der Waals surface area (Å²) in [5.74, 6) is 0.702. The molecule has 1 aliphatic rings. The first-order valence-corrected chi connectivity index (χ1v) is 9.95. The van der Waals surface area contributed by atoms with E-state index in [1.54, 1.807) is 44.4 Å². The molecule has 1 unspecified atom stereocenters. The lowest BCUT2D eigenvalue weighted by molar-refractivity contribution is 0.0723. The van der Waals surface area contributed by atoms with Crippen molar-refractivity contribution in [2.45, 2.75) is 12.5 Å². The molecule has 1 aromatic heterocycles. The van der Waals surface area contributed by atoms with Gasteiger partial charge in [0.2, 0.25) is 0 Å². The standard InChI is InChI=1S/C23H24FN3O4/c1-29-12-4-11-27-22(14-5-8-16(24)9-6-14)19-20(25-26-21(19)23(27)28)15-7-10-17(30-2)18(13-15)31-3/h5-10,13,22H,4,11-12H2,1-3H3,(H,25,26). The molecule has 4 rings (SSSR count). The number of hydrogen-bond acceptors (Lipinski definition) is 5. The largest absolute Gasteiger partial charge is 0.493 e. The fraction of sp³-hybridized carbons (Fsp3) is 0.304. The maximum absolute atomic E-state index is 13.6. The Bertz CT molecular complexity index is 1080. The van der Waals surface area contributed by atoms with E-state index in [2.05, 4.69) is 10.2 Å². The Balaban J connectivity index is 1.82. The highest BCUT2D eigenvalue weighted by Gasteiger charge is 2.41. The maximum atomic E-state index is 13.6. The van der Waals surface area contributed by atoms with Crippen LogP contribution in [0.1, 0.15) is 34.1 Å². The van der Waals surface area contributed by atoms with E-state index in [0.717, 1.165) is 16.7 Å². The van der Waals surface area contributed by atoms with Crippen molar-refractivity contribution in [3.63, 3.8) is 0 Å². The molecule has 2 heterocycles. The molecule has 0 aliphatic carbocycles. The molecule has 7 nitrogen and oxygen atoms in total. The SMILES string of the molecule is COCCCN1C(=O)c2[nH]nc(-c3ccc(OC)c(OC)c3)c2C1c1ccc(F)cc1. The van der Waals surface area contributed by atoms with Crippen LogP contribution in [0.25, 0.3) is 11.3 Å². The van der Waals surface area contributed by atoms with Crippen LogP contribution in [0, 0.1) is 5.82 Å². The molecule has 162 valence electrons. The number of fused-ring (bicyclic) bond motifs is 1. The summed E-state index contributed by atoms with van der Waals surface area (Å²) in [6.07, 6.45) is 0.684. The Morgan fingerprint density at radius 1 is 1.06 bits per heavy atom. The van der Waals surface area contributed by atoms with Crippen molar-refractivity contribution in [2.75, 3.05) is 34.5 Å². The number of H-pyrrole nitrogens is 1. The van der Waals surface area contributed by atoms with Crippen molar-refractivity contribution in [1.82, 2.24) is 15.1 Å². The summed E-state index contributed by atoms with van der Waals surface area (Å²) in [7, 11) is 4.77. The number of nitrogens with zero attached hydrogens (tertiary/aromatic N) is 2.